The number of benzene rings is 2. The van der Waals surface area contributed by atoms with Gasteiger partial charge in [0.25, 0.3) is 5.91 Å². The molecule has 4 heteroatoms. The highest BCUT2D eigenvalue weighted by Gasteiger charge is 2.16. The van der Waals surface area contributed by atoms with Crippen molar-refractivity contribution in [1.29, 1.82) is 0 Å². The van der Waals surface area contributed by atoms with Crippen LogP contribution in [0.5, 0.6) is 0 Å². The first-order chi connectivity index (χ1) is 13.5. The van der Waals surface area contributed by atoms with Crippen LogP contribution in [0.4, 0.5) is 5.69 Å². The number of nitrogens with zero attached hydrogens (tertiary/aromatic N) is 3. The molecule has 2 aromatic carbocycles. The molecule has 0 fully saturated rings. The normalized spacial score (nSPS) is 10.7. The molecule has 1 amide bonds. The third-order valence-corrected chi connectivity index (χ3v) is 4.73. The van der Waals surface area contributed by atoms with Gasteiger partial charge in [-0.2, -0.15) is 0 Å². The van der Waals surface area contributed by atoms with Crippen LogP contribution in [0.1, 0.15) is 35.5 Å². The van der Waals surface area contributed by atoms with Crippen molar-refractivity contribution in [3.8, 4) is 0 Å². The summed E-state index contributed by atoms with van der Waals surface area (Å²) >= 11 is 0. The maximum Gasteiger partial charge on any atom is 0.272 e. The van der Waals surface area contributed by atoms with Gasteiger partial charge >= 0.3 is 0 Å². The SMILES string of the molecule is CC(C)N(Cc1ccccc1)c1ccc(C(=O)N(C)Cc2ccccc2)nc1. The number of hydrogen-bond donors (Lipinski definition) is 0. The predicted molar refractivity (Wildman–Crippen MR) is 114 cm³/mol. The largest absolute Gasteiger partial charge is 0.364 e. The number of carbonyl (C=O) groups excluding carboxylic acids is 1. The molecule has 0 saturated carbocycles. The van der Waals surface area contributed by atoms with E-state index in [1.807, 2.05) is 48.5 Å². The summed E-state index contributed by atoms with van der Waals surface area (Å²) in [6.07, 6.45) is 1.80. The van der Waals surface area contributed by atoms with Gasteiger partial charge in [-0.1, -0.05) is 60.7 Å². The van der Waals surface area contributed by atoms with Crippen LogP contribution >= 0.6 is 0 Å². The van der Waals surface area contributed by atoms with E-state index in [0.29, 0.717) is 18.3 Å². The van der Waals surface area contributed by atoms with Gasteiger partial charge in [-0.3, -0.25) is 4.79 Å². The van der Waals surface area contributed by atoms with Crippen molar-refractivity contribution in [2.45, 2.75) is 33.0 Å². The van der Waals surface area contributed by atoms with E-state index in [0.717, 1.165) is 17.8 Å². The summed E-state index contributed by atoms with van der Waals surface area (Å²) < 4.78 is 0. The van der Waals surface area contributed by atoms with Crippen LogP contribution in [-0.4, -0.2) is 28.9 Å². The van der Waals surface area contributed by atoms with Crippen molar-refractivity contribution in [1.82, 2.24) is 9.88 Å². The maximum atomic E-state index is 12.7. The van der Waals surface area contributed by atoms with Gasteiger partial charge in [0.2, 0.25) is 0 Å². The topological polar surface area (TPSA) is 36.4 Å². The molecule has 1 heterocycles. The molecule has 0 aliphatic heterocycles. The molecule has 0 atom stereocenters. The van der Waals surface area contributed by atoms with Crippen molar-refractivity contribution >= 4 is 11.6 Å². The zero-order valence-electron chi connectivity index (χ0n) is 16.7. The lowest BCUT2D eigenvalue weighted by atomic mass is 10.1. The van der Waals surface area contributed by atoms with E-state index < -0.39 is 0 Å². The van der Waals surface area contributed by atoms with E-state index >= 15 is 0 Å². The van der Waals surface area contributed by atoms with E-state index in [1.165, 1.54) is 5.56 Å². The molecule has 1 aromatic heterocycles. The Hall–Kier alpha value is -3.14. The molecule has 0 N–H and O–H groups in total. The number of rotatable bonds is 7. The molecule has 4 nitrogen and oxygen atoms in total. The number of aromatic nitrogens is 1. The van der Waals surface area contributed by atoms with Crippen molar-refractivity contribution < 1.29 is 4.79 Å². The minimum Gasteiger partial charge on any atom is -0.364 e. The molecule has 0 aliphatic rings. The van der Waals surface area contributed by atoms with E-state index in [9.17, 15) is 4.79 Å². The molecule has 0 radical (unpaired) electrons. The fraction of sp³-hybridized carbons (Fsp3) is 0.250. The van der Waals surface area contributed by atoms with Crippen LogP contribution in [0.2, 0.25) is 0 Å². The van der Waals surface area contributed by atoms with Gasteiger partial charge in [0, 0.05) is 26.2 Å². The molecule has 144 valence electrons. The Bertz CT molecular complexity index is 877. The zero-order valence-corrected chi connectivity index (χ0v) is 16.7. The summed E-state index contributed by atoms with van der Waals surface area (Å²) in [5.41, 5.74) is 3.83. The van der Waals surface area contributed by atoms with Crippen molar-refractivity contribution in [2.24, 2.45) is 0 Å². The van der Waals surface area contributed by atoms with Crippen LogP contribution in [0.15, 0.2) is 79.0 Å². The zero-order chi connectivity index (χ0) is 19.9. The van der Waals surface area contributed by atoms with Crippen molar-refractivity contribution in [2.75, 3.05) is 11.9 Å². The van der Waals surface area contributed by atoms with Crippen LogP contribution < -0.4 is 4.90 Å². The molecule has 0 bridgehead atoms. The Kier molecular flexibility index (Phi) is 6.43. The van der Waals surface area contributed by atoms with Gasteiger partial charge in [0.05, 0.1) is 11.9 Å². The second-order valence-electron chi connectivity index (χ2n) is 7.26. The lowest BCUT2D eigenvalue weighted by molar-refractivity contribution is 0.0779. The second-order valence-corrected chi connectivity index (χ2v) is 7.26. The summed E-state index contributed by atoms with van der Waals surface area (Å²) in [5.74, 6) is -0.0745. The summed E-state index contributed by atoms with van der Waals surface area (Å²) in [4.78, 5) is 21.1. The van der Waals surface area contributed by atoms with Crippen LogP contribution in [-0.2, 0) is 13.1 Å². The van der Waals surface area contributed by atoms with Crippen molar-refractivity contribution in [3.63, 3.8) is 0 Å². The minimum atomic E-state index is -0.0745. The Morgan fingerprint density at radius 3 is 1.93 bits per heavy atom. The average molecular weight is 374 g/mol. The Balaban J connectivity index is 1.71. The summed E-state index contributed by atoms with van der Waals surface area (Å²) in [6, 6.07) is 24.5. The quantitative estimate of drug-likeness (QED) is 0.599. The van der Waals surface area contributed by atoms with Gasteiger partial charge < -0.3 is 9.80 Å². The number of amides is 1. The molecule has 0 spiro atoms. The summed E-state index contributed by atoms with van der Waals surface area (Å²) in [6.45, 7) is 5.70. The summed E-state index contributed by atoms with van der Waals surface area (Å²) in [5, 5.41) is 0. The third-order valence-electron chi connectivity index (χ3n) is 4.73. The van der Waals surface area contributed by atoms with Gasteiger partial charge in [-0.25, -0.2) is 4.98 Å². The first-order valence-corrected chi connectivity index (χ1v) is 9.60. The Morgan fingerprint density at radius 1 is 0.857 bits per heavy atom. The first-order valence-electron chi connectivity index (χ1n) is 9.60. The van der Waals surface area contributed by atoms with E-state index in [2.05, 4.69) is 48.0 Å². The highest BCUT2D eigenvalue weighted by molar-refractivity contribution is 5.92. The van der Waals surface area contributed by atoms with Crippen molar-refractivity contribution in [3.05, 3.63) is 95.8 Å². The Morgan fingerprint density at radius 2 is 1.43 bits per heavy atom. The average Bonchev–Trinajstić information content (AvgIpc) is 2.73. The van der Waals surface area contributed by atoms with Gasteiger partial charge in [-0.15, -0.1) is 0 Å². The highest BCUT2D eigenvalue weighted by Crippen LogP contribution is 2.20. The smallest absolute Gasteiger partial charge is 0.272 e. The van der Waals surface area contributed by atoms with E-state index in [-0.39, 0.29) is 5.91 Å². The van der Waals surface area contributed by atoms with Gasteiger partial charge in [0.1, 0.15) is 5.69 Å². The molecule has 0 saturated heterocycles. The molecule has 3 aromatic rings. The molecule has 0 aliphatic carbocycles. The van der Waals surface area contributed by atoms with E-state index in [4.69, 9.17) is 0 Å². The molecular weight excluding hydrogens is 346 g/mol. The number of anilines is 1. The first kappa shape index (κ1) is 19.6. The lowest BCUT2D eigenvalue weighted by Gasteiger charge is -2.29. The number of hydrogen-bond acceptors (Lipinski definition) is 3. The maximum absolute atomic E-state index is 12.7. The summed E-state index contributed by atoms with van der Waals surface area (Å²) in [7, 11) is 1.81. The molecule has 3 rings (SSSR count). The highest BCUT2D eigenvalue weighted by atomic mass is 16.2. The molecule has 28 heavy (non-hydrogen) atoms. The van der Waals surface area contributed by atoms with Gasteiger partial charge in [-0.05, 0) is 37.1 Å². The van der Waals surface area contributed by atoms with Gasteiger partial charge in [0.15, 0.2) is 0 Å². The number of pyridine rings is 1. The second kappa shape index (κ2) is 9.18. The predicted octanol–water partition coefficient (Wildman–Crippen LogP) is 4.77. The Labute approximate surface area is 167 Å². The van der Waals surface area contributed by atoms with E-state index in [1.54, 1.807) is 18.1 Å². The van der Waals surface area contributed by atoms with Crippen LogP contribution in [0, 0.1) is 0 Å². The monoisotopic (exact) mass is 373 g/mol. The fourth-order valence-corrected chi connectivity index (χ4v) is 3.16. The molecule has 0 unspecified atom stereocenters. The van der Waals surface area contributed by atoms with Crippen LogP contribution in [0.3, 0.4) is 0 Å². The standard InChI is InChI=1S/C24H27N3O/c1-19(2)27(18-21-12-8-5-9-13-21)22-14-15-23(25-16-22)24(28)26(3)17-20-10-6-4-7-11-20/h4-16,19H,17-18H2,1-3H3. The lowest BCUT2D eigenvalue weighted by Crippen LogP contribution is -2.31. The van der Waals surface area contributed by atoms with Crippen LogP contribution in [0.25, 0.3) is 0 Å². The fourth-order valence-electron chi connectivity index (χ4n) is 3.16. The minimum absolute atomic E-state index is 0.0745. The number of carbonyl (C=O) groups is 1. The molecular formula is C24H27N3O. The third kappa shape index (κ3) is 4.97.